The number of hydrogen-bond acceptors (Lipinski definition) is 5. The number of carbonyl (C=O) groups is 3. The minimum atomic E-state index is -1.60. The third-order valence-electron chi connectivity index (χ3n) is 4.91. The van der Waals surface area contributed by atoms with Crippen LogP contribution in [0.1, 0.15) is 32.8 Å². The van der Waals surface area contributed by atoms with Crippen LogP contribution in [0.25, 0.3) is 11.1 Å². The van der Waals surface area contributed by atoms with Crippen molar-refractivity contribution in [2.45, 2.75) is 19.1 Å². The highest BCUT2D eigenvalue weighted by atomic mass is 16.4. The summed E-state index contributed by atoms with van der Waals surface area (Å²) in [5.41, 5.74) is 2.87. The van der Waals surface area contributed by atoms with Crippen LogP contribution in [0.3, 0.4) is 0 Å². The van der Waals surface area contributed by atoms with Crippen molar-refractivity contribution in [1.29, 1.82) is 0 Å². The van der Waals surface area contributed by atoms with Gasteiger partial charge in [-0.05, 0) is 28.8 Å². The molecule has 0 aliphatic carbocycles. The number of amides is 1. The Morgan fingerprint density at radius 1 is 0.875 bits per heavy atom. The summed E-state index contributed by atoms with van der Waals surface area (Å²) >= 11 is 0. The topological polar surface area (TPSA) is 128 Å². The molecule has 3 rings (SSSR count). The third-order valence-corrected chi connectivity index (χ3v) is 4.91. The summed E-state index contributed by atoms with van der Waals surface area (Å²) in [6.07, 6.45) is -0.576. The highest BCUT2D eigenvalue weighted by Gasteiger charge is 2.21. The molecule has 1 heterocycles. The quantitative estimate of drug-likeness (QED) is 0.472. The maximum Gasteiger partial charge on any atom is 0.354 e. The lowest BCUT2D eigenvalue weighted by atomic mass is 10.0. The lowest BCUT2D eigenvalue weighted by Crippen LogP contribution is -2.34. The molecule has 1 unspecified atom stereocenters. The summed E-state index contributed by atoms with van der Waals surface area (Å²) in [6, 6.07) is 20.0. The number of rotatable bonds is 9. The van der Waals surface area contributed by atoms with Crippen molar-refractivity contribution in [3.05, 3.63) is 89.7 Å². The van der Waals surface area contributed by atoms with Crippen LogP contribution in [-0.2, 0) is 11.3 Å². The molecule has 0 saturated heterocycles. The molecule has 0 aliphatic heterocycles. The Kier molecular flexibility index (Phi) is 7.30. The number of nitrogens with zero attached hydrogens (tertiary/aromatic N) is 2. The molecule has 8 heteroatoms. The first-order valence-electron chi connectivity index (χ1n) is 9.89. The van der Waals surface area contributed by atoms with Crippen LogP contribution in [0.5, 0.6) is 0 Å². The SMILES string of the molecule is O=C(O)c1ccc(C(=O)N(CCC(O)C(=O)O)Cc2ccc(-c3ccccc3)cc2)cn1. The van der Waals surface area contributed by atoms with Gasteiger partial charge < -0.3 is 20.2 Å². The molecule has 0 fully saturated rings. The van der Waals surface area contributed by atoms with E-state index in [4.69, 9.17) is 10.2 Å². The van der Waals surface area contributed by atoms with Crippen molar-refractivity contribution in [1.82, 2.24) is 9.88 Å². The van der Waals surface area contributed by atoms with Crippen LogP contribution < -0.4 is 0 Å². The van der Waals surface area contributed by atoms with Gasteiger partial charge in [-0.15, -0.1) is 0 Å². The summed E-state index contributed by atoms with van der Waals surface area (Å²) in [5, 5.41) is 27.6. The minimum absolute atomic E-state index is 0.00653. The second kappa shape index (κ2) is 10.3. The zero-order valence-electron chi connectivity index (χ0n) is 17.1. The van der Waals surface area contributed by atoms with E-state index in [-0.39, 0.29) is 30.8 Å². The average Bonchev–Trinajstić information content (AvgIpc) is 2.82. The molecular weight excluding hydrogens is 412 g/mol. The Labute approximate surface area is 184 Å². The van der Waals surface area contributed by atoms with Crippen molar-refractivity contribution >= 4 is 17.8 Å². The fourth-order valence-electron chi connectivity index (χ4n) is 3.14. The van der Waals surface area contributed by atoms with Gasteiger partial charge in [-0.1, -0.05) is 54.6 Å². The van der Waals surface area contributed by atoms with Crippen LogP contribution >= 0.6 is 0 Å². The smallest absolute Gasteiger partial charge is 0.354 e. The van der Waals surface area contributed by atoms with Gasteiger partial charge in [-0.25, -0.2) is 14.6 Å². The van der Waals surface area contributed by atoms with E-state index in [1.54, 1.807) is 0 Å². The van der Waals surface area contributed by atoms with E-state index in [2.05, 4.69) is 4.98 Å². The number of aromatic carboxylic acids is 1. The maximum atomic E-state index is 13.0. The Morgan fingerprint density at radius 2 is 1.53 bits per heavy atom. The molecule has 3 N–H and O–H groups in total. The summed E-state index contributed by atoms with van der Waals surface area (Å²) in [4.78, 5) is 40.1. The predicted molar refractivity (Wildman–Crippen MR) is 116 cm³/mol. The van der Waals surface area contributed by atoms with E-state index in [1.165, 1.54) is 23.2 Å². The standard InChI is InChI=1S/C24H22N2O6/c27-21(24(31)32)12-13-26(22(28)19-10-11-20(23(29)30)25-14-19)15-16-6-8-18(9-7-16)17-4-2-1-3-5-17/h1-11,14,21,27H,12-13,15H2,(H,29,30)(H,31,32). The van der Waals surface area contributed by atoms with Gasteiger partial charge in [0.15, 0.2) is 6.10 Å². The zero-order chi connectivity index (χ0) is 23.1. The molecule has 32 heavy (non-hydrogen) atoms. The summed E-state index contributed by atoms with van der Waals surface area (Å²) in [7, 11) is 0. The molecular formula is C24H22N2O6. The highest BCUT2D eigenvalue weighted by Crippen LogP contribution is 2.20. The van der Waals surface area contributed by atoms with Gasteiger partial charge in [0.05, 0.1) is 5.56 Å². The van der Waals surface area contributed by atoms with E-state index >= 15 is 0 Å². The maximum absolute atomic E-state index is 13.0. The molecule has 164 valence electrons. The molecule has 0 aliphatic rings. The average molecular weight is 434 g/mol. The summed E-state index contributed by atoms with van der Waals surface area (Å²) in [5.74, 6) is -3.01. The highest BCUT2D eigenvalue weighted by molar-refractivity contribution is 5.95. The number of aliphatic hydroxyl groups is 1. The molecule has 1 aromatic heterocycles. The number of aliphatic carboxylic acids is 1. The van der Waals surface area contributed by atoms with Gasteiger partial charge in [-0.3, -0.25) is 4.79 Å². The number of pyridine rings is 1. The Hall–Kier alpha value is -4.04. The first-order chi connectivity index (χ1) is 15.3. The van der Waals surface area contributed by atoms with E-state index < -0.39 is 23.9 Å². The number of aliphatic hydroxyl groups excluding tert-OH is 1. The second-order valence-electron chi connectivity index (χ2n) is 7.17. The largest absolute Gasteiger partial charge is 0.479 e. The molecule has 1 amide bonds. The monoisotopic (exact) mass is 434 g/mol. The molecule has 3 aromatic rings. The molecule has 0 spiro atoms. The summed E-state index contributed by atoms with van der Waals surface area (Å²) < 4.78 is 0. The number of carboxylic acids is 2. The van der Waals surface area contributed by atoms with Gasteiger partial charge in [0, 0.05) is 25.7 Å². The first kappa shape index (κ1) is 22.6. The normalized spacial score (nSPS) is 11.5. The van der Waals surface area contributed by atoms with Crippen LogP contribution in [0, 0.1) is 0 Å². The van der Waals surface area contributed by atoms with Crippen molar-refractivity contribution in [3.63, 3.8) is 0 Å². The van der Waals surface area contributed by atoms with Gasteiger partial charge >= 0.3 is 11.9 Å². The van der Waals surface area contributed by atoms with Crippen LogP contribution in [0.4, 0.5) is 0 Å². The molecule has 0 radical (unpaired) electrons. The molecule has 2 aromatic carbocycles. The van der Waals surface area contributed by atoms with Gasteiger partial charge in [0.2, 0.25) is 0 Å². The number of carboxylic acid groups (broad SMARTS) is 2. The zero-order valence-corrected chi connectivity index (χ0v) is 17.1. The molecule has 8 nitrogen and oxygen atoms in total. The van der Waals surface area contributed by atoms with Gasteiger partial charge in [0.25, 0.3) is 5.91 Å². The molecule has 1 atom stereocenters. The second-order valence-corrected chi connectivity index (χ2v) is 7.17. The fraction of sp³-hybridized carbons (Fsp3) is 0.167. The molecule has 0 bridgehead atoms. The van der Waals surface area contributed by atoms with Gasteiger partial charge in [0.1, 0.15) is 5.69 Å². The number of aromatic nitrogens is 1. The number of carbonyl (C=O) groups excluding carboxylic acids is 1. The Bertz CT molecular complexity index is 1080. The van der Waals surface area contributed by atoms with E-state index in [0.717, 1.165) is 16.7 Å². The van der Waals surface area contributed by atoms with Crippen LogP contribution in [0.15, 0.2) is 72.9 Å². The molecule has 0 saturated carbocycles. The van der Waals surface area contributed by atoms with Crippen LogP contribution in [-0.4, -0.2) is 55.7 Å². The lowest BCUT2D eigenvalue weighted by molar-refractivity contribution is -0.147. The van der Waals surface area contributed by atoms with Crippen molar-refractivity contribution in [2.75, 3.05) is 6.54 Å². The van der Waals surface area contributed by atoms with Crippen LogP contribution in [0.2, 0.25) is 0 Å². The van der Waals surface area contributed by atoms with E-state index in [1.807, 2.05) is 54.6 Å². The number of benzene rings is 2. The first-order valence-corrected chi connectivity index (χ1v) is 9.89. The van der Waals surface area contributed by atoms with E-state index in [9.17, 15) is 19.5 Å². The lowest BCUT2D eigenvalue weighted by Gasteiger charge is -2.24. The Morgan fingerprint density at radius 3 is 2.09 bits per heavy atom. The van der Waals surface area contributed by atoms with E-state index in [0.29, 0.717) is 0 Å². The van der Waals surface area contributed by atoms with Crippen molar-refractivity contribution < 1.29 is 29.7 Å². The predicted octanol–water partition coefficient (Wildman–Crippen LogP) is 2.92. The third kappa shape index (κ3) is 5.77. The minimum Gasteiger partial charge on any atom is -0.479 e. The number of hydrogen-bond donors (Lipinski definition) is 3. The Balaban J connectivity index is 1.79. The van der Waals surface area contributed by atoms with Crippen molar-refractivity contribution in [2.24, 2.45) is 0 Å². The fourth-order valence-corrected chi connectivity index (χ4v) is 3.14. The summed E-state index contributed by atoms with van der Waals surface area (Å²) in [6.45, 7) is 0.175. The van der Waals surface area contributed by atoms with Gasteiger partial charge in [-0.2, -0.15) is 0 Å². The van der Waals surface area contributed by atoms with Crippen molar-refractivity contribution in [3.8, 4) is 11.1 Å².